The van der Waals surface area contributed by atoms with E-state index in [4.69, 9.17) is 4.74 Å². The molecule has 2 N–H and O–H groups in total. The molecule has 0 spiro atoms. The predicted molar refractivity (Wildman–Crippen MR) is 75.0 cm³/mol. The van der Waals surface area contributed by atoms with Gasteiger partial charge in [-0.1, -0.05) is 0 Å². The Morgan fingerprint density at radius 2 is 2.15 bits per heavy atom. The van der Waals surface area contributed by atoms with Crippen LogP contribution in [0.2, 0.25) is 0 Å². The van der Waals surface area contributed by atoms with Crippen LogP contribution in [0.3, 0.4) is 0 Å². The van der Waals surface area contributed by atoms with Crippen molar-refractivity contribution in [2.24, 2.45) is 0 Å². The molecule has 1 aliphatic rings. The van der Waals surface area contributed by atoms with Gasteiger partial charge >= 0.3 is 5.69 Å². The maximum atomic E-state index is 11.1. The normalized spacial score (nSPS) is 21.1. The SMILES string of the molecule is CCOC1CC(Nc2nc(NC)nc(C)c2[N+](=O)[O-])C1. The summed E-state index contributed by atoms with van der Waals surface area (Å²) in [5.41, 5.74) is 0.279. The van der Waals surface area contributed by atoms with Gasteiger partial charge in [-0.2, -0.15) is 4.98 Å². The lowest BCUT2D eigenvalue weighted by Gasteiger charge is -2.35. The van der Waals surface area contributed by atoms with Gasteiger partial charge in [-0.15, -0.1) is 0 Å². The molecule has 1 fully saturated rings. The van der Waals surface area contributed by atoms with Gasteiger partial charge in [0.1, 0.15) is 5.69 Å². The number of hydrogen-bond acceptors (Lipinski definition) is 7. The van der Waals surface area contributed by atoms with E-state index in [1.165, 1.54) is 0 Å². The van der Waals surface area contributed by atoms with E-state index in [2.05, 4.69) is 20.6 Å². The summed E-state index contributed by atoms with van der Waals surface area (Å²) in [6, 6.07) is 0.157. The molecule has 0 aliphatic heterocycles. The van der Waals surface area contributed by atoms with E-state index in [-0.39, 0.29) is 23.7 Å². The van der Waals surface area contributed by atoms with Gasteiger partial charge in [0.05, 0.1) is 11.0 Å². The summed E-state index contributed by atoms with van der Waals surface area (Å²) < 4.78 is 5.47. The van der Waals surface area contributed by atoms with E-state index in [1.807, 2.05) is 6.92 Å². The highest BCUT2D eigenvalue weighted by Crippen LogP contribution is 2.32. The predicted octanol–water partition coefficient (Wildman–Crippen LogP) is 1.71. The van der Waals surface area contributed by atoms with E-state index < -0.39 is 4.92 Å². The highest BCUT2D eigenvalue weighted by atomic mass is 16.6. The number of nitrogens with zero attached hydrogens (tertiary/aromatic N) is 3. The molecule has 0 aromatic carbocycles. The molecule has 1 aromatic heterocycles. The molecule has 1 aromatic rings. The summed E-state index contributed by atoms with van der Waals surface area (Å²) in [5.74, 6) is 0.642. The third kappa shape index (κ3) is 2.96. The average Bonchev–Trinajstić information content (AvgIpc) is 2.35. The number of aromatic nitrogens is 2. The summed E-state index contributed by atoms with van der Waals surface area (Å²) in [7, 11) is 1.68. The highest BCUT2D eigenvalue weighted by molar-refractivity contribution is 5.61. The summed E-state index contributed by atoms with van der Waals surface area (Å²) in [4.78, 5) is 18.9. The lowest BCUT2D eigenvalue weighted by molar-refractivity contribution is -0.385. The number of nitro groups is 1. The van der Waals surface area contributed by atoms with Gasteiger partial charge in [0.15, 0.2) is 0 Å². The number of aryl methyl sites for hydroxylation is 1. The van der Waals surface area contributed by atoms with Crippen LogP contribution in [-0.2, 0) is 4.74 Å². The first-order valence-electron chi connectivity index (χ1n) is 6.64. The molecule has 0 atom stereocenters. The first-order valence-corrected chi connectivity index (χ1v) is 6.64. The average molecular weight is 281 g/mol. The Morgan fingerprint density at radius 3 is 2.70 bits per heavy atom. The number of anilines is 2. The second-order valence-corrected chi connectivity index (χ2v) is 4.73. The molecule has 8 heteroatoms. The van der Waals surface area contributed by atoms with Crippen LogP contribution in [0, 0.1) is 17.0 Å². The highest BCUT2D eigenvalue weighted by Gasteiger charge is 2.32. The maximum absolute atomic E-state index is 11.1. The standard InChI is InChI=1S/C12H19N5O3/c1-4-20-9-5-8(6-9)15-11-10(17(18)19)7(2)14-12(13-3)16-11/h8-9H,4-6H2,1-3H3,(H2,13,14,15,16). The molecule has 0 amide bonds. The van der Waals surface area contributed by atoms with Gasteiger partial charge in [0, 0.05) is 19.7 Å². The van der Waals surface area contributed by atoms with Crippen LogP contribution in [0.1, 0.15) is 25.5 Å². The second-order valence-electron chi connectivity index (χ2n) is 4.73. The number of hydrogen-bond donors (Lipinski definition) is 2. The summed E-state index contributed by atoms with van der Waals surface area (Å²) in [6.07, 6.45) is 1.91. The molecule has 1 saturated carbocycles. The van der Waals surface area contributed by atoms with Crippen molar-refractivity contribution >= 4 is 17.5 Å². The zero-order valence-electron chi connectivity index (χ0n) is 11.8. The Hall–Kier alpha value is -1.96. The zero-order valence-corrected chi connectivity index (χ0v) is 11.8. The van der Waals surface area contributed by atoms with E-state index >= 15 is 0 Å². The van der Waals surface area contributed by atoms with Gasteiger partial charge in [0.25, 0.3) is 0 Å². The summed E-state index contributed by atoms with van der Waals surface area (Å²) in [6.45, 7) is 4.25. The van der Waals surface area contributed by atoms with Crippen molar-refractivity contribution in [2.45, 2.75) is 38.8 Å². The van der Waals surface area contributed by atoms with Crippen LogP contribution in [0.4, 0.5) is 17.5 Å². The van der Waals surface area contributed by atoms with Crippen LogP contribution in [0.25, 0.3) is 0 Å². The Morgan fingerprint density at radius 1 is 1.45 bits per heavy atom. The minimum absolute atomic E-state index is 0.0659. The van der Waals surface area contributed by atoms with Crippen LogP contribution >= 0.6 is 0 Å². The number of nitrogens with one attached hydrogen (secondary N) is 2. The fraction of sp³-hybridized carbons (Fsp3) is 0.667. The fourth-order valence-corrected chi connectivity index (χ4v) is 2.25. The number of ether oxygens (including phenoxy) is 1. The van der Waals surface area contributed by atoms with Gasteiger partial charge in [-0.25, -0.2) is 4.98 Å². The van der Waals surface area contributed by atoms with Gasteiger partial charge < -0.3 is 15.4 Å². The molecule has 20 heavy (non-hydrogen) atoms. The van der Waals surface area contributed by atoms with E-state index in [1.54, 1.807) is 14.0 Å². The van der Waals surface area contributed by atoms with Crippen LogP contribution in [-0.4, -0.2) is 40.7 Å². The summed E-state index contributed by atoms with van der Waals surface area (Å²) >= 11 is 0. The molecule has 0 bridgehead atoms. The molecular formula is C12H19N5O3. The third-order valence-corrected chi connectivity index (χ3v) is 3.30. The Labute approximate surface area is 117 Å². The van der Waals surface area contributed by atoms with Crippen molar-refractivity contribution in [3.8, 4) is 0 Å². The van der Waals surface area contributed by atoms with Crippen molar-refractivity contribution in [3.63, 3.8) is 0 Å². The lowest BCUT2D eigenvalue weighted by Crippen LogP contribution is -2.41. The topological polar surface area (TPSA) is 102 Å². The smallest absolute Gasteiger partial charge is 0.332 e. The van der Waals surface area contributed by atoms with Crippen LogP contribution in [0.15, 0.2) is 0 Å². The van der Waals surface area contributed by atoms with Crippen molar-refractivity contribution < 1.29 is 9.66 Å². The monoisotopic (exact) mass is 281 g/mol. The number of rotatable bonds is 6. The molecule has 0 unspecified atom stereocenters. The molecule has 0 saturated heterocycles. The van der Waals surface area contributed by atoms with E-state index in [9.17, 15) is 10.1 Å². The van der Waals surface area contributed by atoms with Gasteiger partial charge in [-0.3, -0.25) is 10.1 Å². The molecule has 8 nitrogen and oxygen atoms in total. The van der Waals surface area contributed by atoms with E-state index in [0.717, 1.165) is 12.8 Å². The first-order chi connectivity index (χ1) is 9.55. The minimum Gasteiger partial charge on any atom is -0.378 e. The van der Waals surface area contributed by atoms with Crippen LogP contribution in [0.5, 0.6) is 0 Å². The fourth-order valence-electron chi connectivity index (χ4n) is 2.25. The largest absolute Gasteiger partial charge is 0.378 e. The molecule has 0 radical (unpaired) electrons. The summed E-state index contributed by atoms with van der Waals surface area (Å²) in [5, 5.41) is 17.1. The Kier molecular flexibility index (Phi) is 4.33. The van der Waals surface area contributed by atoms with Crippen molar-refractivity contribution in [3.05, 3.63) is 15.8 Å². The van der Waals surface area contributed by atoms with Gasteiger partial charge in [0.2, 0.25) is 11.8 Å². The third-order valence-electron chi connectivity index (χ3n) is 3.30. The van der Waals surface area contributed by atoms with E-state index in [0.29, 0.717) is 18.2 Å². The maximum Gasteiger partial charge on any atom is 0.332 e. The molecule has 110 valence electrons. The van der Waals surface area contributed by atoms with Crippen molar-refractivity contribution in [1.29, 1.82) is 0 Å². The second kappa shape index (κ2) is 6.00. The van der Waals surface area contributed by atoms with Gasteiger partial charge in [-0.05, 0) is 26.7 Å². The van der Waals surface area contributed by atoms with Crippen LogP contribution < -0.4 is 10.6 Å². The first kappa shape index (κ1) is 14.4. The van der Waals surface area contributed by atoms with Crippen molar-refractivity contribution in [1.82, 2.24) is 9.97 Å². The Balaban J connectivity index is 2.14. The zero-order chi connectivity index (χ0) is 14.7. The molecular weight excluding hydrogens is 262 g/mol. The Bertz CT molecular complexity index is 502. The minimum atomic E-state index is -0.449. The molecule has 1 aliphatic carbocycles. The molecule has 2 rings (SSSR count). The molecule has 1 heterocycles. The lowest BCUT2D eigenvalue weighted by atomic mass is 9.89. The quantitative estimate of drug-likeness (QED) is 0.604. The van der Waals surface area contributed by atoms with Crippen molar-refractivity contribution in [2.75, 3.05) is 24.3 Å².